The zero-order valence-corrected chi connectivity index (χ0v) is 11.0. The Hall–Kier alpha value is -1.29. The molecule has 0 aliphatic carbocycles. The number of hydrogen-bond donors (Lipinski definition) is 1. The van der Waals surface area contributed by atoms with Crippen molar-refractivity contribution in [2.45, 2.75) is 13.5 Å². The van der Waals surface area contributed by atoms with Crippen LogP contribution in [0.4, 0.5) is 5.69 Å². The number of benzene rings is 1. The number of aryl methyl sites for hydroxylation is 2. The summed E-state index contributed by atoms with van der Waals surface area (Å²) in [6, 6.07) is 8.27. The van der Waals surface area contributed by atoms with Gasteiger partial charge in [-0.05, 0) is 46.6 Å². The van der Waals surface area contributed by atoms with Crippen molar-refractivity contribution < 1.29 is 0 Å². The Morgan fingerprint density at radius 1 is 1.38 bits per heavy atom. The van der Waals surface area contributed by atoms with Crippen molar-refractivity contribution in [2.75, 3.05) is 5.32 Å². The summed E-state index contributed by atoms with van der Waals surface area (Å²) in [5.74, 6) is 0. The summed E-state index contributed by atoms with van der Waals surface area (Å²) in [5, 5.41) is 7.66. The molecule has 0 atom stereocenters. The molecule has 3 nitrogen and oxygen atoms in total. The summed E-state index contributed by atoms with van der Waals surface area (Å²) in [4.78, 5) is 0. The minimum atomic E-state index is 0.739. The average molecular weight is 280 g/mol. The van der Waals surface area contributed by atoms with Gasteiger partial charge in [-0.25, -0.2) is 0 Å². The Kier molecular flexibility index (Phi) is 3.29. The van der Waals surface area contributed by atoms with E-state index in [1.54, 1.807) is 4.68 Å². The van der Waals surface area contributed by atoms with E-state index in [1.807, 2.05) is 19.3 Å². The van der Waals surface area contributed by atoms with Gasteiger partial charge in [0.1, 0.15) is 0 Å². The first-order valence-corrected chi connectivity index (χ1v) is 5.93. The summed E-state index contributed by atoms with van der Waals surface area (Å²) < 4.78 is 2.89. The number of nitrogens with one attached hydrogen (secondary N) is 1. The second kappa shape index (κ2) is 4.70. The molecule has 84 valence electrons. The first-order chi connectivity index (χ1) is 7.65. The standard InChI is InChI=1S/C12H14BrN3/c1-9-3-4-12(11(13)7-9)14-8-10-5-6-16(2)15-10/h3-7,14H,8H2,1-2H3. The molecule has 16 heavy (non-hydrogen) atoms. The molecule has 0 amide bonds. The van der Waals surface area contributed by atoms with E-state index in [2.05, 4.69) is 51.5 Å². The van der Waals surface area contributed by atoms with Gasteiger partial charge in [0.15, 0.2) is 0 Å². The van der Waals surface area contributed by atoms with E-state index in [-0.39, 0.29) is 0 Å². The second-order valence-corrected chi connectivity index (χ2v) is 4.67. The van der Waals surface area contributed by atoms with Crippen LogP contribution >= 0.6 is 15.9 Å². The van der Waals surface area contributed by atoms with Crippen LogP contribution < -0.4 is 5.32 Å². The summed E-state index contributed by atoms with van der Waals surface area (Å²) in [5.41, 5.74) is 3.38. The second-order valence-electron chi connectivity index (χ2n) is 3.82. The van der Waals surface area contributed by atoms with Gasteiger partial charge in [0.25, 0.3) is 0 Å². The lowest BCUT2D eigenvalue weighted by molar-refractivity contribution is 0.747. The van der Waals surface area contributed by atoms with Gasteiger partial charge in [-0.15, -0.1) is 0 Å². The number of halogens is 1. The van der Waals surface area contributed by atoms with Gasteiger partial charge in [-0.3, -0.25) is 4.68 Å². The molecule has 0 radical (unpaired) electrons. The lowest BCUT2D eigenvalue weighted by atomic mass is 10.2. The highest BCUT2D eigenvalue weighted by Crippen LogP contribution is 2.23. The van der Waals surface area contributed by atoms with Gasteiger partial charge < -0.3 is 5.32 Å². The van der Waals surface area contributed by atoms with Crippen molar-refractivity contribution in [3.05, 3.63) is 46.2 Å². The predicted molar refractivity (Wildman–Crippen MR) is 69.4 cm³/mol. The highest BCUT2D eigenvalue weighted by Gasteiger charge is 2.01. The Labute approximate surface area is 104 Å². The molecule has 1 heterocycles. The fourth-order valence-corrected chi connectivity index (χ4v) is 2.14. The maximum Gasteiger partial charge on any atom is 0.0815 e. The summed E-state index contributed by atoms with van der Waals surface area (Å²) >= 11 is 3.54. The van der Waals surface area contributed by atoms with Crippen LogP contribution in [0.1, 0.15) is 11.3 Å². The number of rotatable bonds is 3. The van der Waals surface area contributed by atoms with Crippen molar-refractivity contribution in [1.82, 2.24) is 9.78 Å². The van der Waals surface area contributed by atoms with Gasteiger partial charge in [-0.2, -0.15) is 5.10 Å². The minimum Gasteiger partial charge on any atom is -0.378 e. The Balaban J connectivity index is 2.04. The van der Waals surface area contributed by atoms with E-state index in [9.17, 15) is 0 Å². The van der Waals surface area contributed by atoms with Crippen LogP contribution in [0.15, 0.2) is 34.9 Å². The largest absolute Gasteiger partial charge is 0.378 e. The van der Waals surface area contributed by atoms with E-state index >= 15 is 0 Å². The fourth-order valence-electron chi connectivity index (χ4n) is 1.51. The third-order valence-corrected chi connectivity index (χ3v) is 3.01. The molecule has 0 fully saturated rings. The Morgan fingerprint density at radius 2 is 2.19 bits per heavy atom. The summed E-state index contributed by atoms with van der Waals surface area (Å²) in [7, 11) is 1.92. The molecule has 2 rings (SSSR count). The van der Waals surface area contributed by atoms with E-state index in [4.69, 9.17) is 0 Å². The minimum absolute atomic E-state index is 0.739. The highest BCUT2D eigenvalue weighted by molar-refractivity contribution is 9.10. The van der Waals surface area contributed by atoms with E-state index in [0.29, 0.717) is 0 Å². The first-order valence-electron chi connectivity index (χ1n) is 5.14. The first kappa shape index (κ1) is 11.2. The quantitative estimate of drug-likeness (QED) is 0.936. The molecule has 0 saturated heterocycles. The maximum absolute atomic E-state index is 4.31. The molecule has 0 unspecified atom stereocenters. The summed E-state index contributed by atoms with van der Waals surface area (Å²) in [6.45, 7) is 2.82. The Morgan fingerprint density at radius 3 is 2.81 bits per heavy atom. The van der Waals surface area contributed by atoms with Crippen molar-refractivity contribution in [3.63, 3.8) is 0 Å². The van der Waals surface area contributed by atoms with Crippen molar-refractivity contribution in [2.24, 2.45) is 7.05 Å². The molecule has 0 spiro atoms. The van der Waals surface area contributed by atoms with E-state index in [1.165, 1.54) is 5.56 Å². The molecular weight excluding hydrogens is 266 g/mol. The van der Waals surface area contributed by atoms with Gasteiger partial charge in [0.05, 0.1) is 12.2 Å². The molecular formula is C12H14BrN3. The molecule has 0 bridgehead atoms. The normalized spacial score (nSPS) is 10.4. The van der Waals surface area contributed by atoms with Crippen LogP contribution in [0, 0.1) is 6.92 Å². The zero-order chi connectivity index (χ0) is 11.5. The van der Waals surface area contributed by atoms with E-state index in [0.717, 1.165) is 22.4 Å². The SMILES string of the molecule is Cc1ccc(NCc2ccn(C)n2)c(Br)c1. The third-order valence-electron chi connectivity index (χ3n) is 2.35. The monoisotopic (exact) mass is 279 g/mol. The number of hydrogen-bond acceptors (Lipinski definition) is 2. The van der Waals surface area contributed by atoms with Gasteiger partial charge in [0.2, 0.25) is 0 Å². The fraction of sp³-hybridized carbons (Fsp3) is 0.250. The molecule has 1 aromatic carbocycles. The topological polar surface area (TPSA) is 29.9 Å². The van der Waals surface area contributed by atoms with Gasteiger partial charge in [-0.1, -0.05) is 6.07 Å². The zero-order valence-electron chi connectivity index (χ0n) is 9.37. The molecule has 0 aliphatic heterocycles. The number of nitrogens with zero attached hydrogens (tertiary/aromatic N) is 2. The number of anilines is 1. The lowest BCUT2D eigenvalue weighted by Crippen LogP contribution is -2.01. The maximum atomic E-state index is 4.31. The summed E-state index contributed by atoms with van der Waals surface area (Å²) in [6.07, 6.45) is 1.95. The van der Waals surface area contributed by atoms with Gasteiger partial charge >= 0.3 is 0 Å². The van der Waals surface area contributed by atoms with Crippen LogP contribution in [-0.2, 0) is 13.6 Å². The number of aromatic nitrogens is 2. The lowest BCUT2D eigenvalue weighted by Gasteiger charge is -2.07. The third kappa shape index (κ3) is 2.64. The van der Waals surface area contributed by atoms with Crippen LogP contribution in [0.3, 0.4) is 0 Å². The molecule has 1 aromatic heterocycles. The molecule has 2 aromatic rings. The van der Waals surface area contributed by atoms with Gasteiger partial charge in [0, 0.05) is 23.4 Å². The molecule has 0 saturated carbocycles. The van der Waals surface area contributed by atoms with Crippen molar-refractivity contribution in [1.29, 1.82) is 0 Å². The van der Waals surface area contributed by atoms with Crippen molar-refractivity contribution in [3.8, 4) is 0 Å². The Bertz CT molecular complexity index is 491. The predicted octanol–water partition coefficient (Wildman–Crippen LogP) is 3.10. The average Bonchev–Trinajstić information content (AvgIpc) is 2.63. The van der Waals surface area contributed by atoms with Crippen molar-refractivity contribution >= 4 is 21.6 Å². The molecule has 0 aliphatic rings. The van der Waals surface area contributed by atoms with Crippen LogP contribution in [0.5, 0.6) is 0 Å². The van der Waals surface area contributed by atoms with Crippen LogP contribution in [-0.4, -0.2) is 9.78 Å². The smallest absolute Gasteiger partial charge is 0.0815 e. The molecule has 1 N–H and O–H groups in total. The van der Waals surface area contributed by atoms with E-state index < -0.39 is 0 Å². The highest BCUT2D eigenvalue weighted by atomic mass is 79.9. The van der Waals surface area contributed by atoms with Crippen LogP contribution in [0.25, 0.3) is 0 Å². The van der Waals surface area contributed by atoms with Crippen LogP contribution in [0.2, 0.25) is 0 Å². The molecule has 4 heteroatoms.